The topological polar surface area (TPSA) is 47.6 Å². The summed E-state index contributed by atoms with van der Waals surface area (Å²) in [6.45, 7) is 3.77. The van der Waals surface area contributed by atoms with E-state index in [0.717, 1.165) is 17.7 Å². The molecule has 0 spiro atoms. The first-order valence-electron chi connectivity index (χ1n) is 7.34. The Balaban J connectivity index is 2.06. The number of aryl methyl sites for hydroxylation is 1. The van der Waals surface area contributed by atoms with Crippen LogP contribution in [0.1, 0.15) is 19.4 Å². The van der Waals surface area contributed by atoms with Gasteiger partial charge in [-0.3, -0.25) is 4.79 Å². The Labute approximate surface area is 131 Å². The van der Waals surface area contributed by atoms with Crippen molar-refractivity contribution >= 4 is 11.6 Å². The second-order valence-electron chi connectivity index (χ2n) is 4.91. The molecule has 2 rings (SSSR count). The molecule has 1 N–H and O–H groups in total. The minimum atomic E-state index is -0.624. The summed E-state index contributed by atoms with van der Waals surface area (Å²) in [5, 5.41) is 2.91. The van der Waals surface area contributed by atoms with Crippen molar-refractivity contribution in [2.24, 2.45) is 0 Å². The molecule has 0 aliphatic carbocycles. The zero-order valence-corrected chi connectivity index (χ0v) is 13.1. The Bertz CT molecular complexity index is 640. The molecule has 0 saturated carbocycles. The van der Waals surface area contributed by atoms with E-state index >= 15 is 0 Å². The summed E-state index contributed by atoms with van der Waals surface area (Å²) in [4.78, 5) is 12.3. The third-order valence-electron chi connectivity index (χ3n) is 3.40. The van der Waals surface area contributed by atoms with Crippen LogP contribution in [0.4, 0.5) is 5.69 Å². The molecule has 0 aromatic heterocycles. The van der Waals surface area contributed by atoms with Gasteiger partial charge in [-0.2, -0.15) is 0 Å². The van der Waals surface area contributed by atoms with Crippen LogP contribution in [0.2, 0.25) is 0 Å². The maximum atomic E-state index is 12.3. The third-order valence-corrected chi connectivity index (χ3v) is 3.40. The highest BCUT2D eigenvalue weighted by Gasteiger charge is 2.17. The number of amides is 1. The molecule has 0 fully saturated rings. The number of hydrogen-bond donors (Lipinski definition) is 1. The number of benzene rings is 2. The minimum absolute atomic E-state index is 0.188. The second-order valence-corrected chi connectivity index (χ2v) is 4.91. The van der Waals surface area contributed by atoms with Gasteiger partial charge in [0.1, 0.15) is 0 Å². The molecule has 0 aliphatic heterocycles. The summed E-state index contributed by atoms with van der Waals surface area (Å²) < 4.78 is 10.9. The third kappa shape index (κ3) is 3.79. The smallest absolute Gasteiger partial charge is 0.265 e. The lowest BCUT2D eigenvalue weighted by Gasteiger charge is -2.17. The molecule has 2 aromatic rings. The van der Waals surface area contributed by atoms with Crippen molar-refractivity contribution in [2.75, 3.05) is 12.4 Å². The zero-order valence-electron chi connectivity index (χ0n) is 13.1. The van der Waals surface area contributed by atoms with Gasteiger partial charge in [-0.05, 0) is 37.1 Å². The number of ether oxygens (including phenoxy) is 2. The molecule has 22 heavy (non-hydrogen) atoms. The number of carbonyl (C=O) groups excluding carboxylic acids is 1. The van der Waals surface area contributed by atoms with Crippen LogP contribution < -0.4 is 14.8 Å². The number of para-hydroxylation sites is 3. The number of hydrogen-bond acceptors (Lipinski definition) is 3. The van der Waals surface area contributed by atoms with Gasteiger partial charge in [-0.1, -0.05) is 37.3 Å². The van der Waals surface area contributed by atoms with E-state index < -0.39 is 6.10 Å². The lowest BCUT2D eigenvalue weighted by atomic mass is 10.1. The molecule has 0 radical (unpaired) electrons. The van der Waals surface area contributed by atoms with E-state index in [1.807, 2.05) is 36.4 Å². The van der Waals surface area contributed by atoms with E-state index in [2.05, 4.69) is 12.2 Å². The molecule has 4 nitrogen and oxygen atoms in total. The van der Waals surface area contributed by atoms with E-state index in [-0.39, 0.29) is 5.91 Å². The van der Waals surface area contributed by atoms with Gasteiger partial charge in [0.05, 0.1) is 7.11 Å². The predicted molar refractivity (Wildman–Crippen MR) is 87.5 cm³/mol. The Morgan fingerprint density at radius 1 is 1.09 bits per heavy atom. The number of carbonyl (C=O) groups is 1. The molecule has 4 heteroatoms. The summed E-state index contributed by atoms with van der Waals surface area (Å²) in [6, 6.07) is 15.0. The molecule has 1 amide bonds. The quantitative estimate of drug-likeness (QED) is 0.885. The van der Waals surface area contributed by atoms with Gasteiger partial charge in [0.25, 0.3) is 5.91 Å². The molecule has 2 aromatic carbocycles. The van der Waals surface area contributed by atoms with Gasteiger partial charge in [-0.15, -0.1) is 0 Å². The first kappa shape index (κ1) is 15.9. The summed E-state index contributed by atoms with van der Waals surface area (Å²) in [5.41, 5.74) is 1.92. The largest absolute Gasteiger partial charge is 0.493 e. The summed E-state index contributed by atoms with van der Waals surface area (Å²) in [6.07, 6.45) is 0.235. The number of rotatable bonds is 6. The van der Waals surface area contributed by atoms with Gasteiger partial charge < -0.3 is 14.8 Å². The van der Waals surface area contributed by atoms with Crippen molar-refractivity contribution < 1.29 is 14.3 Å². The van der Waals surface area contributed by atoms with Crippen molar-refractivity contribution in [1.82, 2.24) is 0 Å². The van der Waals surface area contributed by atoms with E-state index in [1.54, 1.807) is 26.2 Å². The number of methoxy groups -OCH3 is 1. The fourth-order valence-corrected chi connectivity index (χ4v) is 2.15. The molecule has 0 saturated heterocycles. The van der Waals surface area contributed by atoms with E-state index in [9.17, 15) is 4.79 Å². The molecule has 116 valence electrons. The maximum Gasteiger partial charge on any atom is 0.265 e. The van der Waals surface area contributed by atoms with Crippen LogP contribution in [-0.4, -0.2) is 19.1 Å². The fourth-order valence-electron chi connectivity index (χ4n) is 2.15. The Hall–Kier alpha value is -2.49. The average molecular weight is 299 g/mol. The van der Waals surface area contributed by atoms with Crippen LogP contribution in [0.3, 0.4) is 0 Å². The summed E-state index contributed by atoms with van der Waals surface area (Å²) in [7, 11) is 1.57. The first-order chi connectivity index (χ1) is 10.7. The van der Waals surface area contributed by atoms with Crippen LogP contribution in [0.15, 0.2) is 48.5 Å². The highest BCUT2D eigenvalue weighted by molar-refractivity contribution is 5.94. The van der Waals surface area contributed by atoms with Gasteiger partial charge >= 0.3 is 0 Å². The van der Waals surface area contributed by atoms with Gasteiger partial charge in [0.15, 0.2) is 17.6 Å². The van der Waals surface area contributed by atoms with Crippen LogP contribution in [0.25, 0.3) is 0 Å². The van der Waals surface area contributed by atoms with Crippen molar-refractivity contribution in [2.45, 2.75) is 26.4 Å². The Morgan fingerprint density at radius 3 is 2.41 bits per heavy atom. The molecular weight excluding hydrogens is 278 g/mol. The average Bonchev–Trinajstić information content (AvgIpc) is 2.55. The highest BCUT2D eigenvalue weighted by Crippen LogP contribution is 2.27. The van der Waals surface area contributed by atoms with Crippen molar-refractivity contribution in [3.63, 3.8) is 0 Å². The second kappa shape index (κ2) is 7.50. The maximum absolute atomic E-state index is 12.3. The van der Waals surface area contributed by atoms with E-state index in [1.165, 1.54) is 0 Å². The van der Waals surface area contributed by atoms with Crippen molar-refractivity contribution in [1.29, 1.82) is 0 Å². The normalized spacial score (nSPS) is 11.6. The summed E-state index contributed by atoms with van der Waals surface area (Å²) in [5.74, 6) is 0.972. The molecular formula is C18H21NO3. The standard InChI is InChI=1S/C18H21NO3/c1-4-14-9-5-6-10-15(14)19-18(20)13(2)22-17-12-8-7-11-16(17)21-3/h5-13H,4H2,1-3H3,(H,19,20)/t13-/m1/s1. The van der Waals surface area contributed by atoms with Crippen LogP contribution in [-0.2, 0) is 11.2 Å². The molecule has 0 aliphatic rings. The van der Waals surface area contributed by atoms with Crippen molar-refractivity contribution in [3.05, 3.63) is 54.1 Å². The monoisotopic (exact) mass is 299 g/mol. The lowest BCUT2D eigenvalue weighted by molar-refractivity contribution is -0.122. The fraction of sp³-hybridized carbons (Fsp3) is 0.278. The van der Waals surface area contributed by atoms with Crippen LogP contribution >= 0.6 is 0 Å². The minimum Gasteiger partial charge on any atom is -0.493 e. The van der Waals surface area contributed by atoms with Gasteiger partial charge in [0, 0.05) is 5.69 Å². The van der Waals surface area contributed by atoms with Crippen LogP contribution in [0, 0.1) is 0 Å². The van der Waals surface area contributed by atoms with Gasteiger partial charge in [0.2, 0.25) is 0 Å². The zero-order chi connectivity index (χ0) is 15.9. The Kier molecular flexibility index (Phi) is 5.42. The predicted octanol–water partition coefficient (Wildman–Crippen LogP) is 3.66. The number of nitrogens with one attached hydrogen (secondary N) is 1. The number of anilines is 1. The first-order valence-corrected chi connectivity index (χ1v) is 7.34. The Morgan fingerprint density at radius 2 is 1.73 bits per heavy atom. The van der Waals surface area contributed by atoms with E-state index in [4.69, 9.17) is 9.47 Å². The lowest BCUT2D eigenvalue weighted by Crippen LogP contribution is -2.30. The molecule has 0 bridgehead atoms. The van der Waals surface area contributed by atoms with Gasteiger partial charge in [-0.25, -0.2) is 0 Å². The highest BCUT2D eigenvalue weighted by atomic mass is 16.5. The van der Waals surface area contributed by atoms with Crippen molar-refractivity contribution in [3.8, 4) is 11.5 Å². The molecule has 0 unspecified atom stereocenters. The van der Waals surface area contributed by atoms with E-state index in [0.29, 0.717) is 11.5 Å². The molecule has 0 heterocycles. The molecule has 1 atom stereocenters. The SMILES string of the molecule is CCc1ccccc1NC(=O)[C@@H](C)Oc1ccccc1OC. The van der Waals surface area contributed by atoms with Crippen LogP contribution in [0.5, 0.6) is 11.5 Å². The summed E-state index contributed by atoms with van der Waals surface area (Å²) >= 11 is 0.